The summed E-state index contributed by atoms with van der Waals surface area (Å²) in [7, 11) is -3.14. The molecule has 3 heterocycles. The van der Waals surface area contributed by atoms with E-state index in [9.17, 15) is 13.5 Å². The van der Waals surface area contributed by atoms with Crippen LogP contribution in [0.3, 0.4) is 0 Å². The van der Waals surface area contributed by atoms with Gasteiger partial charge in [-0.2, -0.15) is 0 Å². The average molecular weight is 422 g/mol. The Balaban J connectivity index is 1.68. The van der Waals surface area contributed by atoms with Crippen LogP contribution in [0, 0.1) is 5.82 Å². The Bertz CT molecular complexity index is 1020. The molecule has 0 radical (unpaired) electrons. The van der Waals surface area contributed by atoms with Gasteiger partial charge in [-0.05, 0) is 31.7 Å². The molecule has 29 heavy (non-hydrogen) atoms. The van der Waals surface area contributed by atoms with Crippen LogP contribution in [0.5, 0.6) is 0 Å². The number of halogens is 1. The number of nitrogens with two attached hydrogens (primary N) is 2. The lowest BCUT2D eigenvalue weighted by Crippen LogP contribution is -2.38. The molecule has 1 atom stereocenters. The summed E-state index contributed by atoms with van der Waals surface area (Å²) in [6.07, 6.45) is 3.90. The number of aromatic nitrogens is 2. The van der Waals surface area contributed by atoms with Gasteiger partial charge in [0.1, 0.15) is 11.4 Å². The highest BCUT2D eigenvalue weighted by molar-refractivity contribution is 7.91. The van der Waals surface area contributed by atoms with Crippen LogP contribution < -0.4 is 11.5 Å². The number of hydrogen-bond acceptors (Lipinski definition) is 8. The molecule has 2 fully saturated rings. The first-order valence-corrected chi connectivity index (χ1v) is 11.3. The molecule has 1 unspecified atom stereocenters. The van der Waals surface area contributed by atoms with E-state index in [1.165, 1.54) is 18.5 Å². The number of sulfone groups is 1. The average Bonchev–Trinajstić information content (AvgIpc) is 3.22. The standard InChI is InChI=1S/C19H23FN4O4S/c20-16-12(8-13(21)17(22)15(16)14-2-1-5-28-14)11-9-23-18(24-10-11)19(25)3-6-29(26,27)7-4-19/h8-10,14,25H,1-7,21-22H2. The van der Waals surface area contributed by atoms with E-state index in [4.69, 9.17) is 16.2 Å². The van der Waals surface area contributed by atoms with Crippen LogP contribution in [0.1, 0.15) is 43.2 Å². The van der Waals surface area contributed by atoms with E-state index in [0.717, 1.165) is 6.42 Å². The molecule has 2 aliphatic heterocycles. The number of aliphatic hydroxyl groups is 1. The van der Waals surface area contributed by atoms with Crippen LogP contribution in [0.25, 0.3) is 11.1 Å². The Morgan fingerprint density at radius 2 is 1.86 bits per heavy atom. The van der Waals surface area contributed by atoms with Crippen molar-refractivity contribution in [3.63, 3.8) is 0 Å². The monoisotopic (exact) mass is 422 g/mol. The summed E-state index contributed by atoms with van der Waals surface area (Å²) in [4.78, 5) is 8.39. The number of ether oxygens (including phenoxy) is 1. The first kappa shape index (κ1) is 20.0. The van der Waals surface area contributed by atoms with Gasteiger partial charge in [-0.3, -0.25) is 0 Å². The van der Waals surface area contributed by atoms with Crippen molar-refractivity contribution in [2.75, 3.05) is 29.6 Å². The summed E-state index contributed by atoms with van der Waals surface area (Å²) in [5.41, 5.74) is 11.8. The molecule has 5 N–H and O–H groups in total. The van der Waals surface area contributed by atoms with Gasteiger partial charge in [0.05, 0.1) is 29.0 Å². The molecule has 2 saturated heterocycles. The van der Waals surface area contributed by atoms with Gasteiger partial charge in [0.2, 0.25) is 0 Å². The maximum atomic E-state index is 15.3. The molecule has 0 amide bonds. The lowest BCUT2D eigenvalue weighted by molar-refractivity contribution is 0.0173. The van der Waals surface area contributed by atoms with Crippen molar-refractivity contribution in [1.29, 1.82) is 0 Å². The smallest absolute Gasteiger partial charge is 0.160 e. The molecule has 156 valence electrons. The van der Waals surface area contributed by atoms with E-state index in [1.807, 2.05) is 0 Å². The van der Waals surface area contributed by atoms with Crippen molar-refractivity contribution in [3.8, 4) is 11.1 Å². The van der Waals surface area contributed by atoms with Crippen LogP contribution in [0.2, 0.25) is 0 Å². The first-order chi connectivity index (χ1) is 13.7. The lowest BCUT2D eigenvalue weighted by Gasteiger charge is -2.30. The van der Waals surface area contributed by atoms with Gasteiger partial charge < -0.3 is 21.3 Å². The number of nitrogens with zero attached hydrogens (tertiary/aromatic N) is 2. The molecule has 0 saturated carbocycles. The second-order valence-corrected chi connectivity index (χ2v) is 9.94. The van der Waals surface area contributed by atoms with Crippen molar-refractivity contribution >= 4 is 21.2 Å². The highest BCUT2D eigenvalue weighted by Crippen LogP contribution is 2.41. The summed E-state index contributed by atoms with van der Waals surface area (Å²) < 4.78 is 44.1. The maximum Gasteiger partial charge on any atom is 0.160 e. The highest BCUT2D eigenvalue weighted by Gasteiger charge is 2.39. The number of benzene rings is 1. The zero-order valence-electron chi connectivity index (χ0n) is 15.8. The predicted molar refractivity (Wildman–Crippen MR) is 106 cm³/mol. The summed E-state index contributed by atoms with van der Waals surface area (Å²) >= 11 is 0. The molecule has 0 aliphatic carbocycles. The molecule has 1 aromatic heterocycles. The Labute approximate surface area is 168 Å². The van der Waals surface area contributed by atoms with Crippen LogP contribution in [0.15, 0.2) is 18.5 Å². The third kappa shape index (κ3) is 3.67. The molecule has 0 spiro atoms. The Morgan fingerprint density at radius 1 is 1.21 bits per heavy atom. The van der Waals surface area contributed by atoms with Gasteiger partial charge in [-0.15, -0.1) is 0 Å². The maximum absolute atomic E-state index is 15.3. The Kier molecular flexibility index (Phi) is 4.96. The van der Waals surface area contributed by atoms with Crippen LogP contribution in [-0.2, 0) is 20.2 Å². The lowest BCUT2D eigenvalue weighted by atomic mass is 9.95. The molecule has 8 nitrogen and oxygen atoms in total. The quantitative estimate of drug-likeness (QED) is 0.635. The number of hydrogen-bond donors (Lipinski definition) is 3. The fraction of sp³-hybridized carbons (Fsp3) is 0.474. The van der Waals surface area contributed by atoms with Gasteiger partial charge in [0.25, 0.3) is 0 Å². The van der Waals surface area contributed by atoms with Crippen molar-refractivity contribution in [1.82, 2.24) is 9.97 Å². The minimum absolute atomic E-state index is 0.0288. The minimum Gasteiger partial charge on any atom is -0.397 e. The normalized spacial score (nSPS) is 23.2. The molecule has 4 rings (SSSR count). The van der Waals surface area contributed by atoms with Crippen molar-refractivity contribution in [3.05, 3.63) is 35.7 Å². The van der Waals surface area contributed by atoms with Crippen LogP contribution >= 0.6 is 0 Å². The van der Waals surface area contributed by atoms with Gasteiger partial charge in [0.15, 0.2) is 15.7 Å². The van der Waals surface area contributed by atoms with E-state index < -0.39 is 27.4 Å². The van der Waals surface area contributed by atoms with E-state index >= 15 is 4.39 Å². The molecule has 2 aliphatic rings. The van der Waals surface area contributed by atoms with Gasteiger partial charge in [0, 0.05) is 35.7 Å². The molecular formula is C19H23FN4O4S. The van der Waals surface area contributed by atoms with Gasteiger partial charge in [-0.25, -0.2) is 22.8 Å². The second kappa shape index (κ2) is 7.19. The van der Waals surface area contributed by atoms with E-state index in [0.29, 0.717) is 18.6 Å². The second-order valence-electron chi connectivity index (χ2n) is 7.64. The minimum atomic E-state index is -3.14. The van der Waals surface area contributed by atoms with Crippen molar-refractivity contribution in [2.24, 2.45) is 0 Å². The number of rotatable bonds is 3. The summed E-state index contributed by atoms with van der Waals surface area (Å²) in [5, 5.41) is 10.7. The van der Waals surface area contributed by atoms with Crippen molar-refractivity contribution < 1.29 is 22.7 Å². The Hall–Kier alpha value is -2.30. The largest absolute Gasteiger partial charge is 0.397 e. The molecule has 2 aromatic rings. The summed E-state index contributed by atoms with van der Waals surface area (Å²) in [5.74, 6) is -0.646. The van der Waals surface area contributed by atoms with Crippen molar-refractivity contribution in [2.45, 2.75) is 37.4 Å². The van der Waals surface area contributed by atoms with Crippen LogP contribution in [0.4, 0.5) is 15.8 Å². The highest BCUT2D eigenvalue weighted by atomic mass is 32.2. The summed E-state index contributed by atoms with van der Waals surface area (Å²) in [6, 6.07) is 1.43. The van der Waals surface area contributed by atoms with Crippen LogP contribution in [-0.4, -0.2) is 41.6 Å². The first-order valence-electron chi connectivity index (χ1n) is 9.45. The SMILES string of the molecule is Nc1cc(-c2cnc(C3(O)CCS(=O)(=O)CC3)nc2)c(F)c(C2CCCO2)c1N. The third-order valence-electron chi connectivity index (χ3n) is 5.66. The molecule has 1 aromatic carbocycles. The van der Waals surface area contributed by atoms with E-state index in [2.05, 4.69) is 9.97 Å². The number of anilines is 2. The van der Waals surface area contributed by atoms with E-state index in [-0.39, 0.29) is 52.7 Å². The zero-order valence-corrected chi connectivity index (χ0v) is 16.6. The topological polar surface area (TPSA) is 141 Å². The Morgan fingerprint density at radius 3 is 2.45 bits per heavy atom. The molecular weight excluding hydrogens is 399 g/mol. The predicted octanol–water partition coefficient (Wildman–Crippen LogP) is 1.69. The van der Waals surface area contributed by atoms with Gasteiger partial charge in [-0.1, -0.05) is 0 Å². The van der Waals surface area contributed by atoms with Gasteiger partial charge >= 0.3 is 0 Å². The fourth-order valence-corrected chi connectivity index (χ4v) is 5.35. The summed E-state index contributed by atoms with van der Waals surface area (Å²) in [6.45, 7) is 0.541. The zero-order chi connectivity index (χ0) is 20.8. The molecule has 0 bridgehead atoms. The molecule has 10 heteroatoms. The number of nitrogen functional groups attached to an aromatic ring is 2. The van der Waals surface area contributed by atoms with E-state index in [1.54, 1.807) is 0 Å². The third-order valence-corrected chi connectivity index (χ3v) is 7.31. The fourth-order valence-electron chi connectivity index (χ4n) is 3.85.